The van der Waals surface area contributed by atoms with Crippen LogP contribution in [-0.2, 0) is 32.7 Å². The van der Waals surface area contributed by atoms with Crippen molar-refractivity contribution in [1.82, 2.24) is 35.7 Å². The van der Waals surface area contributed by atoms with E-state index in [4.69, 9.17) is 4.74 Å². The molecule has 0 aromatic carbocycles. The molecule has 2 aromatic rings. The van der Waals surface area contributed by atoms with Crippen LogP contribution in [0.25, 0.3) is 0 Å². The number of thiophene rings is 1. The van der Waals surface area contributed by atoms with Crippen molar-refractivity contribution >= 4 is 52.6 Å². The van der Waals surface area contributed by atoms with Crippen molar-refractivity contribution in [1.29, 1.82) is 0 Å². The number of methoxy groups -OCH3 is 1. The van der Waals surface area contributed by atoms with Crippen molar-refractivity contribution < 1.29 is 24.2 Å². The number of hydrogen-bond donors (Lipinski definition) is 3. The van der Waals surface area contributed by atoms with Gasteiger partial charge >= 0.3 is 5.97 Å². The maximum absolute atomic E-state index is 13.0. The Bertz CT molecular complexity index is 1150. The molecule has 2 amide bonds. The van der Waals surface area contributed by atoms with E-state index in [0.717, 1.165) is 16.3 Å². The van der Waals surface area contributed by atoms with Crippen LogP contribution < -0.4 is 10.6 Å². The molecule has 0 bridgehead atoms. The molecule has 4 rings (SSSR count). The third-order valence-electron chi connectivity index (χ3n) is 5.47. The second-order valence-corrected chi connectivity index (χ2v) is 11.0. The fourth-order valence-electron chi connectivity index (χ4n) is 3.75. The summed E-state index contributed by atoms with van der Waals surface area (Å²) in [5.74, 6) is -1.32. The number of ether oxygens (including phenoxy) is 1. The van der Waals surface area contributed by atoms with Crippen molar-refractivity contribution in [3.8, 4) is 0 Å². The maximum Gasteiger partial charge on any atom is 0.352 e. The Morgan fingerprint density at radius 1 is 1.40 bits per heavy atom. The van der Waals surface area contributed by atoms with Gasteiger partial charge in [-0.15, -0.1) is 28.2 Å². The summed E-state index contributed by atoms with van der Waals surface area (Å²) in [5, 5.41) is 27.1. The number of aryl methyl sites for hydroxylation is 1. The van der Waals surface area contributed by atoms with E-state index < -0.39 is 35.3 Å². The first-order valence-electron chi connectivity index (χ1n) is 10.7. The molecule has 0 spiro atoms. The highest BCUT2D eigenvalue weighted by atomic mass is 32.2. The molecule has 0 saturated carbocycles. The number of aromatic nitrogens is 4. The summed E-state index contributed by atoms with van der Waals surface area (Å²) in [5.41, 5.74) is 0.563. The van der Waals surface area contributed by atoms with Gasteiger partial charge in [0, 0.05) is 42.0 Å². The van der Waals surface area contributed by atoms with E-state index in [1.807, 2.05) is 19.1 Å². The zero-order valence-corrected chi connectivity index (χ0v) is 21.7. The number of carbonyl (C=O) groups excluding carboxylic acids is 2. The van der Waals surface area contributed by atoms with E-state index in [-0.39, 0.29) is 5.70 Å². The van der Waals surface area contributed by atoms with Gasteiger partial charge in [0.15, 0.2) is 6.10 Å². The summed E-state index contributed by atoms with van der Waals surface area (Å²) in [6.45, 7) is 3.56. The van der Waals surface area contributed by atoms with Crippen molar-refractivity contribution in [2.45, 2.75) is 36.1 Å². The van der Waals surface area contributed by atoms with Gasteiger partial charge in [-0.05, 0) is 34.7 Å². The third-order valence-corrected chi connectivity index (χ3v) is 9.03. The standard InChI is InChI=1S/C20H25N7O5S3/c1-4-21-7-11-5-6-12(35-11)15(32-3)16(28)22-13-17(29)27-14(19(30)31)10(8-33-18(13)27)9-34-20-23-24-25-26(20)2/h5-6,13,15,18,21H,4,7-9H2,1-3H3,(H,22,28)(H,30,31)/t13-,15?,18-/m1/s1. The first kappa shape index (κ1) is 25.6. The van der Waals surface area contributed by atoms with Gasteiger partial charge in [-0.1, -0.05) is 18.7 Å². The first-order chi connectivity index (χ1) is 16.8. The van der Waals surface area contributed by atoms with Gasteiger partial charge in [-0.3, -0.25) is 14.5 Å². The molecule has 4 heterocycles. The van der Waals surface area contributed by atoms with Crippen LogP contribution in [-0.4, -0.2) is 84.6 Å². The molecule has 3 atom stereocenters. The SMILES string of the molecule is CCNCc1ccc(C(OC)C(=O)N[C@@H]2C(=O)N3C(C(=O)O)=C(CSc4nnnn4C)CS[C@H]23)s1. The number of nitrogens with one attached hydrogen (secondary N) is 2. The number of thioether (sulfide) groups is 2. The molecule has 1 saturated heterocycles. The number of tetrazole rings is 1. The number of aliphatic carboxylic acids is 1. The number of β-lactam (4-membered cyclic amide) rings is 1. The molecule has 2 aliphatic heterocycles. The minimum Gasteiger partial charge on any atom is -0.477 e. The van der Waals surface area contributed by atoms with Crippen molar-refractivity contribution in [3.63, 3.8) is 0 Å². The summed E-state index contributed by atoms with van der Waals surface area (Å²) in [7, 11) is 3.14. The van der Waals surface area contributed by atoms with Gasteiger partial charge in [0.1, 0.15) is 17.1 Å². The van der Waals surface area contributed by atoms with Crippen LogP contribution in [0.2, 0.25) is 0 Å². The highest BCUT2D eigenvalue weighted by Gasteiger charge is 2.54. The van der Waals surface area contributed by atoms with Gasteiger partial charge in [0.2, 0.25) is 5.16 Å². The molecule has 2 aliphatic rings. The Kier molecular flexibility index (Phi) is 8.11. The number of rotatable bonds is 11. The predicted molar refractivity (Wildman–Crippen MR) is 131 cm³/mol. The summed E-state index contributed by atoms with van der Waals surface area (Å²) >= 11 is 4.18. The van der Waals surface area contributed by atoms with Gasteiger partial charge < -0.3 is 20.5 Å². The lowest BCUT2D eigenvalue weighted by Gasteiger charge is -2.49. The quantitative estimate of drug-likeness (QED) is 0.272. The molecule has 1 fully saturated rings. The van der Waals surface area contributed by atoms with E-state index >= 15 is 0 Å². The second kappa shape index (κ2) is 11.1. The lowest BCUT2D eigenvalue weighted by atomic mass is 10.0. The number of amides is 2. The summed E-state index contributed by atoms with van der Waals surface area (Å²) in [6, 6.07) is 2.96. The largest absolute Gasteiger partial charge is 0.477 e. The van der Waals surface area contributed by atoms with Crippen LogP contribution in [0.5, 0.6) is 0 Å². The predicted octanol–water partition coefficient (Wildman–Crippen LogP) is 0.600. The molecular weight excluding hydrogens is 514 g/mol. The molecule has 0 aliphatic carbocycles. The minimum atomic E-state index is -1.18. The van der Waals surface area contributed by atoms with E-state index in [1.165, 1.54) is 51.6 Å². The Morgan fingerprint density at radius 2 is 2.20 bits per heavy atom. The molecule has 188 valence electrons. The van der Waals surface area contributed by atoms with Crippen molar-refractivity contribution in [3.05, 3.63) is 33.2 Å². The van der Waals surface area contributed by atoms with E-state index in [2.05, 4.69) is 26.2 Å². The third kappa shape index (κ3) is 5.23. The van der Waals surface area contributed by atoms with Gasteiger partial charge in [0.25, 0.3) is 11.8 Å². The van der Waals surface area contributed by atoms with E-state index in [0.29, 0.717) is 28.8 Å². The highest BCUT2D eigenvalue weighted by molar-refractivity contribution is 8.01. The second-order valence-electron chi connectivity index (χ2n) is 7.73. The van der Waals surface area contributed by atoms with Crippen LogP contribution in [0.3, 0.4) is 0 Å². The lowest BCUT2D eigenvalue weighted by Crippen LogP contribution is -2.71. The number of nitrogens with zero attached hydrogens (tertiary/aromatic N) is 5. The summed E-state index contributed by atoms with van der Waals surface area (Å²) in [6.07, 6.45) is -0.854. The fourth-order valence-corrected chi connectivity index (χ4v) is 7.14. The van der Waals surface area contributed by atoms with Gasteiger partial charge in [-0.2, -0.15) is 0 Å². The first-order valence-corrected chi connectivity index (χ1v) is 13.6. The monoisotopic (exact) mass is 539 g/mol. The Morgan fingerprint density at radius 3 is 2.86 bits per heavy atom. The molecule has 12 nitrogen and oxygen atoms in total. The fraction of sp³-hybridized carbons (Fsp3) is 0.500. The zero-order chi connectivity index (χ0) is 25.1. The molecule has 35 heavy (non-hydrogen) atoms. The normalized spacial score (nSPS) is 20.4. The smallest absolute Gasteiger partial charge is 0.352 e. The average molecular weight is 540 g/mol. The maximum atomic E-state index is 13.0. The van der Waals surface area contributed by atoms with Crippen LogP contribution in [0.15, 0.2) is 28.6 Å². The van der Waals surface area contributed by atoms with Gasteiger partial charge in [-0.25, -0.2) is 9.48 Å². The van der Waals surface area contributed by atoms with Crippen LogP contribution in [0.4, 0.5) is 0 Å². The summed E-state index contributed by atoms with van der Waals surface area (Å²) < 4.78 is 6.93. The average Bonchev–Trinajstić information content (AvgIpc) is 3.48. The van der Waals surface area contributed by atoms with E-state index in [1.54, 1.807) is 7.05 Å². The topological polar surface area (TPSA) is 152 Å². The van der Waals surface area contributed by atoms with Crippen LogP contribution in [0.1, 0.15) is 22.8 Å². The highest BCUT2D eigenvalue weighted by Crippen LogP contribution is 2.41. The molecule has 1 unspecified atom stereocenters. The molecule has 2 aromatic heterocycles. The number of carbonyl (C=O) groups is 3. The van der Waals surface area contributed by atoms with Crippen LogP contribution >= 0.6 is 34.9 Å². The van der Waals surface area contributed by atoms with Crippen molar-refractivity contribution in [2.24, 2.45) is 7.05 Å². The Hall–Kier alpha value is -2.46. The van der Waals surface area contributed by atoms with Crippen molar-refractivity contribution in [2.75, 3.05) is 25.2 Å². The van der Waals surface area contributed by atoms with Crippen LogP contribution in [0, 0.1) is 0 Å². The van der Waals surface area contributed by atoms with E-state index in [9.17, 15) is 19.5 Å². The zero-order valence-electron chi connectivity index (χ0n) is 19.3. The molecule has 0 radical (unpaired) electrons. The Labute approximate surface area is 213 Å². The number of carboxylic acids is 1. The van der Waals surface area contributed by atoms with Gasteiger partial charge in [0.05, 0.1) is 0 Å². The Balaban J connectivity index is 1.43. The molecular formula is C20H25N7O5S3. The number of carboxylic acid groups (broad SMARTS) is 1. The molecule has 3 N–H and O–H groups in total. The number of hydrogen-bond acceptors (Lipinski definition) is 11. The number of fused-ring (bicyclic) bond motifs is 1. The summed E-state index contributed by atoms with van der Waals surface area (Å²) in [4.78, 5) is 41.1. The molecule has 15 heteroatoms. The lowest BCUT2D eigenvalue weighted by molar-refractivity contribution is -0.152. The minimum absolute atomic E-state index is 0.0403.